The summed E-state index contributed by atoms with van der Waals surface area (Å²) >= 11 is 12.8. The van der Waals surface area contributed by atoms with Crippen molar-refractivity contribution in [2.24, 2.45) is 5.92 Å². The largest absolute Gasteiger partial charge is 0.489 e. The van der Waals surface area contributed by atoms with Gasteiger partial charge in [-0.1, -0.05) is 35.3 Å². The average Bonchev–Trinajstić information content (AvgIpc) is 3.91. The van der Waals surface area contributed by atoms with Crippen LogP contribution < -0.4 is 14.2 Å². The van der Waals surface area contributed by atoms with Gasteiger partial charge >= 0.3 is 12.6 Å². The molecule has 0 spiro atoms. The minimum atomic E-state index is -3.87. The van der Waals surface area contributed by atoms with Gasteiger partial charge in [-0.3, -0.25) is 34.0 Å². The van der Waals surface area contributed by atoms with Crippen LogP contribution in [-0.2, 0) is 32.4 Å². The van der Waals surface area contributed by atoms with Crippen LogP contribution in [0.4, 0.5) is 14.5 Å². The van der Waals surface area contributed by atoms with E-state index in [9.17, 15) is 31.6 Å². The molecule has 1 aliphatic carbocycles. The molecule has 17 heteroatoms. The lowest BCUT2D eigenvalue weighted by molar-refractivity contribution is -0.149. The van der Waals surface area contributed by atoms with Crippen LogP contribution in [0.1, 0.15) is 62.0 Å². The first-order valence-electron chi connectivity index (χ1n) is 16.4. The molecule has 1 fully saturated rings. The zero-order valence-corrected chi connectivity index (χ0v) is 30.4. The maximum Gasteiger partial charge on any atom is 0.387 e. The molecular formula is C36H32Cl2F2N4O8S. The number of hydrogen-bond donors (Lipinski definition) is 1. The summed E-state index contributed by atoms with van der Waals surface area (Å²) in [5, 5.41) is 0.333. The number of rotatable bonds is 16. The van der Waals surface area contributed by atoms with Crippen molar-refractivity contribution in [3.8, 4) is 11.5 Å². The lowest BCUT2D eigenvalue weighted by Gasteiger charge is -2.22. The fourth-order valence-corrected chi connectivity index (χ4v) is 7.20. The Morgan fingerprint density at radius 3 is 2.45 bits per heavy atom. The third-order valence-electron chi connectivity index (χ3n) is 8.60. The zero-order chi connectivity index (χ0) is 37.9. The lowest BCUT2D eigenvalue weighted by Crippen LogP contribution is -2.36. The third-order valence-corrected chi connectivity index (χ3v) is 10.5. The standard InChI is InChI=1S/C36H32Cl2F2N4O8S/c1-20-3-2-11-42-29(20)10-12-53(48,49)43-23-7-8-24-25(14-23)35(47)44(34(24)46)18-33(45)51-31(15-26-27(37)16-41-17-28(26)38)22-6-9-30(52-36(39)40)32(13-22)50-19-21-4-5-21/h2-3,6-9,11,13-14,16-17,21,31,36,43H,4-5,10,12,15,18-19H2,1H3/t31-/m0/s1. The molecule has 2 amide bonds. The molecule has 278 valence electrons. The number of carbonyl (C=O) groups is 3. The molecule has 1 N–H and O–H groups in total. The van der Waals surface area contributed by atoms with Gasteiger partial charge in [0.25, 0.3) is 11.8 Å². The van der Waals surface area contributed by atoms with Crippen molar-refractivity contribution >= 4 is 56.7 Å². The number of fused-ring (bicyclic) bond motifs is 1. The van der Waals surface area contributed by atoms with Crippen LogP contribution in [0, 0.1) is 12.8 Å². The molecule has 1 atom stereocenters. The van der Waals surface area contributed by atoms with Crippen molar-refractivity contribution in [3.63, 3.8) is 0 Å². The van der Waals surface area contributed by atoms with E-state index < -0.39 is 47.1 Å². The Morgan fingerprint density at radius 1 is 1.02 bits per heavy atom. The van der Waals surface area contributed by atoms with Gasteiger partial charge in [0.05, 0.1) is 33.5 Å². The Bertz CT molecular complexity index is 2150. The summed E-state index contributed by atoms with van der Waals surface area (Å²) in [5.74, 6) is -2.84. The number of aromatic nitrogens is 2. The van der Waals surface area contributed by atoms with Crippen molar-refractivity contribution in [3.05, 3.63) is 111 Å². The minimum absolute atomic E-state index is 0.00120. The van der Waals surface area contributed by atoms with Crippen molar-refractivity contribution in [2.75, 3.05) is 23.6 Å². The highest BCUT2D eigenvalue weighted by molar-refractivity contribution is 7.92. The highest BCUT2D eigenvalue weighted by atomic mass is 35.5. The smallest absolute Gasteiger partial charge is 0.387 e. The molecular weight excluding hydrogens is 757 g/mol. The van der Waals surface area contributed by atoms with Crippen LogP contribution in [0.3, 0.4) is 0 Å². The number of nitrogens with zero attached hydrogens (tertiary/aromatic N) is 3. The number of hydrogen-bond acceptors (Lipinski definition) is 10. The van der Waals surface area contributed by atoms with Gasteiger partial charge in [0.15, 0.2) is 11.5 Å². The van der Waals surface area contributed by atoms with Crippen LogP contribution in [0.2, 0.25) is 10.0 Å². The van der Waals surface area contributed by atoms with Gasteiger partial charge in [0.2, 0.25) is 10.0 Å². The number of anilines is 1. The summed E-state index contributed by atoms with van der Waals surface area (Å²) in [6.45, 7) is -1.83. The second-order valence-corrected chi connectivity index (χ2v) is 15.2. The Morgan fingerprint density at radius 2 is 1.75 bits per heavy atom. The second kappa shape index (κ2) is 16.0. The van der Waals surface area contributed by atoms with Crippen molar-refractivity contribution in [2.45, 2.75) is 45.3 Å². The van der Waals surface area contributed by atoms with Crippen molar-refractivity contribution in [1.82, 2.24) is 14.9 Å². The topological polar surface area (TPSA) is 154 Å². The number of imide groups is 1. The molecule has 12 nitrogen and oxygen atoms in total. The van der Waals surface area contributed by atoms with E-state index in [1.165, 1.54) is 48.8 Å². The zero-order valence-electron chi connectivity index (χ0n) is 28.1. The van der Waals surface area contributed by atoms with Crippen molar-refractivity contribution < 1.29 is 45.8 Å². The van der Waals surface area contributed by atoms with E-state index in [-0.39, 0.29) is 69.5 Å². The number of esters is 1. The molecule has 2 aromatic carbocycles. The molecule has 2 aliphatic rings. The SMILES string of the molecule is Cc1cccnc1CCS(=O)(=O)Nc1ccc2c(c1)C(=O)N(CC(=O)O[C@@H](Cc1c(Cl)cncc1Cl)c1ccc(OC(F)F)c(OCC3CC3)c1)C2=O. The number of halogens is 4. The number of ether oxygens (including phenoxy) is 3. The first-order chi connectivity index (χ1) is 25.3. The molecule has 4 aromatic rings. The van der Waals surface area contributed by atoms with Crippen LogP contribution in [0.25, 0.3) is 0 Å². The molecule has 3 heterocycles. The summed E-state index contributed by atoms with van der Waals surface area (Å²) in [5.41, 5.74) is 2.05. The van der Waals surface area contributed by atoms with Gasteiger partial charge in [0, 0.05) is 42.8 Å². The molecule has 6 rings (SSSR count). The number of nitrogens with one attached hydrogen (secondary N) is 1. The van der Waals surface area contributed by atoms with Gasteiger partial charge in [0.1, 0.15) is 12.6 Å². The van der Waals surface area contributed by atoms with E-state index in [4.69, 9.17) is 32.7 Å². The van der Waals surface area contributed by atoms with Gasteiger partial charge in [-0.15, -0.1) is 0 Å². The summed E-state index contributed by atoms with van der Waals surface area (Å²) < 4.78 is 70.8. The first kappa shape index (κ1) is 37.9. The molecule has 0 radical (unpaired) electrons. The lowest BCUT2D eigenvalue weighted by atomic mass is 10.0. The van der Waals surface area contributed by atoms with E-state index in [1.54, 1.807) is 12.3 Å². The molecule has 0 unspecified atom stereocenters. The fraction of sp³-hybridized carbons (Fsp3) is 0.306. The Hall–Kier alpha value is -4.86. The highest BCUT2D eigenvalue weighted by Crippen LogP contribution is 2.38. The van der Waals surface area contributed by atoms with E-state index in [1.807, 2.05) is 13.0 Å². The predicted octanol–water partition coefficient (Wildman–Crippen LogP) is 6.59. The van der Waals surface area contributed by atoms with E-state index in [0.29, 0.717) is 21.7 Å². The van der Waals surface area contributed by atoms with Crippen LogP contribution >= 0.6 is 23.2 Å². The molecule has 1 aliphatic heterocycles. The molecule has 1 saturated carbocycles. The van der Waals surface area contributed by atoms with E-state index >= 15 is 0 Å². The number of carbonyl (C=O) groups excluding carboxylic acids is 3. The van der Waals surface area contributed by atoms with E-state index in [0.717, 1.165) is 18.4 Å². The first-order valence-corrected chi connectivity index (χ1v) is 18.8. The van der Waals surface area contributed by atoms with Crippen LogP contribution in [0.5, 0.6) is 11.5 Å². The third kappa shape index (κ3) is 9.39. The minimum Gasteiger partial charge on any atom is -0.489 e. The highest BCUT2D eigenvalue weighted by Gasteiger charge is 2.38. The summed E-state index contributed by atoms with van der Waals surface area (Å²) in [6, 6.07) is 11.5. The summed E-state index contributed by atoms with van der Waals surface area (Å²) in [7, 11) is -3.87. The summed E-state index contributed by atoms with van der Waals surface area (Å²) in [6.07, 6.45) is 5.04. The van der Waals surface area contributed by atoms with Gasteiger partial charge in [-0.25, -0.2) is 8.42 Å². The van der Waals surface area contributed by atoms with Gasteiger partial charge in [-0.2, -0.15) is 8.78 Å². The molecule has 0 saturated heterocycles. The normalized spacial score (nSPS) is 14.6. The molecule has 2 aromatic heterocycles. The number of pyridine rings is 2. The number of aryl methyl sites for hydroxylation is 2. The number of amides is 2. The number of benzene rings is 2. The summed E-state index contributed by atoms with van der Waals surface area (Å²) in [4.78, 5) is 49.0. The monoisotopic (exact) mass is 788 g/mol. The maximum atomic E-state index is 13.5. The number of sulfonamides is 1. The van der Waals surface area contributed by atoms with Gasteiger partial charge < -0.3 is 14.2 Å². The number of alkyl halides is 2. The fourth-order valence-electron chi connectivity index (χ4n) is 5.63. The van der Waals surface area contributed by atoms with Gasteiger partial charge in [-0.05, 0) is 78.8 Å². The Balaban J connectivity index is 1.19. The Kier molecular flexibility index (Phi) is 11.5. The second-order valence-electron chi connectivity index (χ2n) is 12.5. The van der Waals surface area contributed by atoms with Crippen molar-refractivity contribution in [1.29, 1.82) is 0 Å². The quantitative estimate of drug-likeness (QED) is 0.0972. The maximum absolute atomic E-state index is 13.5. The average molecular weight is 790 g/mol. The molecule has 53 heavy (non-hydrogen) atoms. The van der Waals surface area contributed by atoms with Crippen LogP contribution in [0.15, 0.2) is 67.1 Å². The predicted molar refractivity (Wildman–Crippen MR) is 190 cm³/mol. The molecule has 0 bridgehead atoms. The Labute approximate surface area is 313 Å². The van der Waals surface area contributed by atoms with E-state index in [2.05, 4.69) is 19.4 Å². The van der Waals surface area contributed by atoms with Crippen LogP contribution in [-0.4, -0.2) is 66.6 Å².